The van der Waals surface area contributed by atoms with E-state index < -0.39 is 0 Å². The molecule has 3 aromatic rings. The Morgan fingerprint density at radius 2 is 1.93 bits per heavy atom. The van der Waals surface area contributed by atoms with Gasteiger partial charge in [0.1, 0.15) is 17.5 Å². The molecule has 0 atom stereocenters. The summed E-state index contributed by atoms with van der Waals surface area (Å²) in [6, 6.07) is 7.52. The van der Waals surface area contributed by atoms with Crippen molar-refractivity contribution in [2.24, 2.45) is 0 Å². The lowest BCUT2D eigenvalue weighted by Crippen LogP contribution is -2.33. The van der Waals surface area contributed by atoms with Crippen LogP contribution in [0.2, 0.25) is 0 Å². The molecule has 1 aromatic carbocycles. The Labute approximate surface area is 156 Å². The summed E-state index contributed by atoms with van der Waals surface area (Å²) in [5, 5.41) is 4.62. The second-order valence-electron chi connectivity index (χ2n) is 7.27. The number of amides is 1. The molecule has 1 N–H and O–H groups in total. The van der Waals surface area contributed by atoms with Gasteiger partial charge in [-0.3, -0.25) is 15.0 Å². The highest BCUT2D eigenvalue weighted by atomic mass is 16.5. The molecule has 0 aliphatic carbocycles. The Morgan fingerprint density at radius 3 is 2.56 bits per heavy atom. The predicted molar refractivity (Wildman–Crippen MR) is 102 cm³/mol. The fourth-order valence-electron chi connectivity index (χ4n) is 2.72. The Kier molecular flexibility index (Phi) is 4.98. The summed E-state index contributed by atoms with van der Waals surface area (Å²) in [5.41, 5.74) is 3.44. The molecule has 0 aliphatic heterocycles. The van der Waals surface area contributed by atoms with Crippen molar-refractivity contribution in [3.05, 3.63) is 52.7 Å². The van der Waals surface area contributed by atoms with E-state index in [2.05, 4.69) is 15.5 Å². The molecule has 2 heterocycles. The molecular formula is C19H23N5O3. The predicted octanol–water partition coefficient (Wildman–Crippen LogP) is 2.06. The van der Waals surface area contributed by atoms with E-state index in [0.717, 1.165) is 16.0 Å². The van der Waals surface area contributed by atoms with Crippen molar-refractivity contribution in [2.75, 3.05) is 12.5 Å². The Hall–Kier alpha value is -3.16. The van der Waals surface area contributed by atoms with Crippen molar-refractivity contribution in [2.45, 2.75) is 39.2 Å². The van der Waals surface area contributed by atoms with Crippen LogP contribution in [0.1, 0.15) is 32.8 Å². The maximum Gasteiger partial charge on any atom is 0.283 e. The van der Waals surface area contributed by atoms with Crippen LogP contribution in [0.5, 0.6) is 5.75 Å². The average Bonchev–Trinajstić information content (AvgIpc) is 3.08. The number of aryl methyl sites for hydroxylation is 1. The van der Waals surface area contributed by atoms with Crippen molar-refractivity contribution in [1.29, 1.82) is 0 Å². The topological polar surface area (TPSA) is 91.0 Å². The molecule has 0 aliphatic rings. The zero-order chi connectivity index (χ0) is 19.6. The fourth-order valence-corrected chi connectivity index (χ4v) is 2.72. The highest BCUT2D eigenvalue weighted by Gasteiger charge is 2.20. The molecule has 8 nitrogen and oxygen atoms in total. The maximum atomic E-state index is 12.6. The van der Waals surface area contributed by atoms with E-state index in [4.69, 9.17) is 4.74 Å². The second-order valence-corrected chi connectivity index (χ2v) is 7.27. The summed E-state index contributed by atoms with van der Waals surface area (Å²) in [6.07, 6.45) is 3.61. The number of methoxy groups -OCH3 is 1. The molecule has 0 bridgehead atoms. The Morgan fingerprint density at radius 1 is 1.22 bits per heavy atom. The van der Waals surface area contributed by atoms with Gasteiger partial charge in [0.25, 0.3) is 5.56 Å². The number of benzene rings is 1. The molecule has 0 saturated carbocycles. The number of ether oxygens (including phenoxy) is 1. The average molecular weight is 369 g/mol. The van der Waals surface area contributed by atoms with Crippen LogP contribution >= 0.6 is 0 Å². The molecule has 142 valence electrons. The molecule has 8 heteroatoms. The van der Waals surface area contributed by atoms with Gasteiger partial charge >= 0.3 is 0 Å². The van der Waals surface area contributed by atoms with Gasteiger partial charge in [0, 0.05) is 6.42 Å². The van der Waals surface area contributed by atoms with Crippen LogP contribution in [0.3, 0.4) is 0 Å². The van der Waals surface area contributed by atoms with Crippen LogP contribution < -0.4 is 15.7 Å². The largest absolute Gasteiger partial charge is 0.497 e. The van der Waals surface area contributed by atoms with Crippen molar-refractivity contribution in [1.82, 2.24) is 19.4 Å². The van der Waals surface area contributed by atoms with Crippen LogP contribution in [0.4, 0.5) is 0 Å². The smallest absolute Gasteiger partial charge is 0.283 e. The van der Waals surface area contributed by atoms with Gasteiger partial charge in [0.2, 0.25) is 5.91 Å². The third-order valence-electron chi connectivity index (χ3n) is 4.17. The standard InChI is InChI=1S/C19H23N5O3/c1-19(2,3)24-17-15(11-21-24)18(26)23(12-20-17)22-16(25)10-7-13-5-8-14(27-4)9-6-13/h5-6,8-9,11-12H,7,10H2,1-4H3,(H,22,25). The van der Waals surface area contributed by atoms with Crippen molar-refractivity contribution in [3.8, 4) is 5.75 Å². The molecule has 3 rings (SSSR count). The normalized spacial score (nSPS) is 11.6. The third-order valence-corrected chi connectivity index (χ3v) is 4.17. The molecular weight excluding hydrogens is 346 g/mol. The summed E-state index contributed by atoms with van der Waals surface area (Å²) in [5.74, 6) is 0.502. The van der Waals surface area contributed by atoms with E-state index in [9.17, 15) is 9.59 Å². The SMILES string of the molecule is COc1ccc(CCC(=O)Nn2cnc3c(cnn3C(C)(C)C)c2=O)cc1. The monoisotopic (exact) mass is 369 g/mol. The number of carbonyl (C=O) groups excluding carboxylic acids is 1. The van der Waals surface area contributed by atoms with E-state index in [1.165, 1.54) is 12.5 Å². The van der Waals surface area contributed by atoms with Gasteiger partial charge in [-0.05, 0) is 44.9 Å². The van der Waals surface area contributed by atoms with E-state index in [1.54, 1.807) is 11.8 Å². The quantitative estimate of drug-likeness (QED) is 0.743. The second kappa shape index (κ2) is 7.22. The van der Waals surface area contributed by atoms with Crippen LogP contribution in [0, 0.1) is 0 Å². The lowest BCUT2D eigenvalue weighted by atomic mass is 10.1. The van der Waals surface area contributed by atoms with Crippen LogP contribution in [0.15, 0.2) is 41.6 Å². The van der Waals surface area contributed by atoms with Gasteiger partial charge < -0.3 is 4.74 Å². The number of nitrogens with zero attached hydrogens (tertiary/aromatic N) is 4. The van der Waals surface area contributed by atoms with Gasteiger partial charge in [-0.2, -0.15) is 5.10 Å². The summed E-state index contributed by atoms with van der Waals surface area (Å²) in [4.78, 5) is 29.1. The van der Waals surface area contributed by atoms with E-state index in [1.807, 2.05) is 45.0 Å². The molecule has 27 heavy (non-hydrogen) atoms. The molecule has 0 spiro atoms. The highest BCUT2D eigenvalue weighted by Crippen LogP contribution is 2.17. The number of hydrogen-bond donors (Lipinski definition) is 1. The number of aromatic nitrogens is 4. The van der Waals surface area contributed by atoms with E-state index in [-0.39, 0.29) is 23.4 Å². The van der Waals surface area contributed by atoms with Crippen molar-refractivity contribution < 1.29 is 9.53 Å². The van der Waals surface area contributed by atoms with Gasteiger partial charge in [-0.15, -0.1) is 0 Å². The first-order chi connectivity index (χ1) is 12.8. The third kappa shape index (κ3) is 3.99. The maximum absolute atomic E-state index is 12.6. The van der Waals surface area contributed by atoms with E-state index in [0.29, 0.717) is 17.5 Å². The van der Waals surface area contributed by atoms with Crippen molar-refractivity contribution >= 4 is 16.9 Å². The first-order valence-corrected chi connectivity index (χ1v) is 8.68. The number of nitrogens with one attached hydrogen (secondary N) is 1. The molecule has 0 fully saturated rings. The van der Waals surface area contributed by atoms with Gasteiger partial charge in [-0.25, -0.2) is 14.3 Å². The minimum atomic E-state index is -0.353. The van der Waals surface area contributed by atoms with Crippen LogP contribution in [-0.4, -0.2) is 32.5 Å². The molecule has 0 saturated heterocycles. The van der Waals surface area contributed by atoms with Crippen LogP contribution in [0.25, 0.3) is 11.0 Å². The minimum Gasteiger partial charge on any atom is -0.497 e. The Bertz CT molecular complexity index is 1010. The number of carbonyl (C=O) groups is 1. The van der Waals surface area contributed by atoms with Crippen LogP contribution in [-0.2, 0) is 16.8 Å². The summed E-state index contributed by atoms with van der Waals surface area (Å²) in [6.45, 7) is 5.94. The Balaban J connectivity index is 1.71. The molecule has 0 unspecified atom stereocenters. The van der Waals surface area contributed by atoms with Gasteiger partial charge in [0.15, 0.2) is 5.65 Å². The summed E-state index contributed by atoms with van der Waals surface area (Å²) >= 11 is 0. The molecule has 1 amide bonds. The lowest BCUT2D eigenvalue weighted by Gasteiger charge is -2.19. The summed E-state index contributed by atoms with van der Waals surface area (Å²) < 4.78 is 7.91. The number of hydrogen-bond acceptors (Lipinski definition) is 5. The molecule has 2 aromatic heterocycles. The minimum absolute atomic E-state index is 0.248. The highest BCUT2D eigenvalue weighted by molar-refractivity contribution is 5.84. The number of fused-ring (bicyclic) bond motifs is 1. The first kappa shape index (κ1) is 18.6. The number of rotatable bonds is 5. The fraction of sp³-hybridized carbons (Fsp3) is 0.368. The first-order valence-electron chi connectivity index (χ1n) is 8.68. The van der Waals surface area contributed by atoms with Gasteiger partial charge in [-0.1, -0.05) is 12.1 Å². The van der Waals surface area contributed by atoms with Gasteiger partial charge in [0.05, 0.1) is 18.8 Å². The zero-order valence-corrected chi connectivity index (χ0v) is 15.9. The lowest BCUT2D eigenvalue weighted by molar-refractivity contribution is -0.117. The van der Waals surface area contributed by atoms with Crippen molar-refractivity contribution in [3.63, 3.8) is 0 Å². The zero-order valence-electron chi connectivity index (χ0n) is 15.9. The van der Waals surface area contributed by atoms with E-state index >= 15 is 0 Å². The molecule has 0 radical (unpaired) electrons. The summed E-state index contributed by atoms with van der Waals surface area (Å²) in [7, 11) is 1.61.